The zero-order chi connectivity index (χ0) is 22.8. The van der Waals surface area contributed by atoms with Crippen molar-refractivity contribution in [3.8, 4) is 0 Å². The first-order chi connectivity index (χ1) is 14.5. The van der Waals surface area contributed by atoms with E-state index < -0.39 is 24.4 Å². The Morgan fingerprint density at radius 3 is 2.39 bits per heavy atom. The van der Waals surface area contributed by atoms with Crippen molar-refractivity contribution in [3.05, 3.63) is 0 Å². The molecule has 1 aliphatic heterocycles. The van der Waals surface area contributed by atoms with Crippen LogP contribution in [0, 0.1) is 11.8 Å². The van der Waals surface area contributed by atoms with Gasteiger partial charge in [0.15, 0.2) is 5.96 Å². The highest BCUT2D eigenvalue weighted by Gasteiger charge is 2.38. The van der Waals surface area contributed by atoms with E-state index in [0.717, 1.165) is 6.42 Å². The van der Waals surface area contributed by atoms with E-state index in [4.69, 9.17) is 11.6 Å². The summed E-state index contributed by atoms with van der Waals surface area (Å²) in [5, 5.41) is 5.80. The molecule has 0 spiro atoms. The van der Waals surface area contributed by atoms with E-state index in [1.807, 2.05) is 20.8 Å². The molecule has 4 N–H and O–H groups in total. The standard InChI is InChI=1S/C21H35ClF3N5O/c1-21(2,3)28-20(27-19(31)11-4-5-15(24)16(25)8-11)26-18-10-17(29-30-18)12-6-13(22)9-14(23)7-12/h11-18,29-30H,4-10H2,1-3H3,(H2,26,27,28,31). The molecule has 8 unspecified atom stereocenters. The molecule has 2 saturated carbocycles. The maximum absolute atomic E-state index is 13.9. The van der Waals surface area contributed by atoms with Crippen molar-refractivity contribution in [2.75, 3.05) is 0 Å². The van der Waals surface area contributed by atoms with Crippen LogP contribution in [-0.2, 0) is 4.79 Å². The van der Waals surface area contributed by atoms with E-state index in [0.29, 0.717) is 25.7 Å². The van der Waals surface area contributed by atoms with E-state index in [1.54, 1.807) is 0 Å². The fourth-order valence-corrected chi connectivity index (χ4v) is 5.07. The van der Waals surface area contributed by atoms with Gasteiger partial charge in [0, 0.05) is 29.3 Å². The van der Waals surface area contributed by atoms with Gasteiger partial charge in [-0.2, -0.15) is 0 Å². The minimum atomic E-state index is -1.61. The minimum absolute atomic E-state index is 0.0345. The second kappa shape index (κ2) is 10.3. The van der Waals surface area contributed by atoms with Crippen molar-refractivity contribution in [2.24, 2.45) is 16.8 Å². The molecule has 1 heterocycles. The molecule has 8 atom stereocenters. The van der Waals surface area contributed by atoms with Gasteiger partial charge in [-0.25, -0.2) is 23.6 Å². The summed E-state index contributed by atoms with van der Waals surface area (Å²) in [5.41, 5.74) is 5.94. The number of hydrogen-bond donors (Lipinski definition) is 4. The highest BCUT2D eigenvalue weighted by atomic mass is 35.5. The Morgan fingerprint density at radius 1 is 1.00 bits per heavy atom. The zero-order valence-corrected chi connectivity index (χ0v) is 19.2. The molecule has 31 heavy (non-hydrogen) atoms. The van der Waals surface area contributed by atoms with Crippen LogP contribution in [0.3, 0.4) is 0 Å². The molecule has 3 fully saturated rings. The number of nitrogens with one attached hydrogen (secondary N) is 4. The van der Waals surface area contributed by atoms with Crippen LogP contribution in [0.15, 0.2) is 4.99 Å². The molecule has 0 radical (unpaired) electrons. The summed E-state index contributed by atoms with van der Waals surface area (Å²) < 4.78 is 41.1. The normalized spacial score (nSPS) is 39.9. The molecule has 0 bridgehead atoms. The van der Waals surface area contributed by atoms with Gasteiger partial charge < -0.3 is 5.32 Å². The molecule has 0 aromatic heterocycles. The van der Waals surface area contributed by atoms with Crippen LogP contribution in [0.5, 0.6) is 0 Å². The first kappa shape index (κ1) is 24.6. The molecule has 1 amide bonds. The van der Waals surface area contributed by atoms with E-state index in [1.165, 1.54) is 0 Å². The average molecular weight is 466 g/mol. The topological polar surface area (TPSA) is 77.6 Å². The molecular formula is C21H35ClF3N5O. The van der Waals surface area contributed by atoms with E-state index in [-0.39, 0.29) is 53.7 Å². The zero-order valence-electron chi connectivity index (χ0n) is 18.4. The van der Waals surface area contributed by atoms with E-state index in [2.05, 4.69) is 26.5 Å². The number of hydrazine groups is 1. The lowest BCUT2D eigenvalue weighted by Crippen LogP contribution is -2.52. The van der Waals surface area contributed by atoms with Crippen LogP contribution in [0.1, 0.15) is 65.7 Å². The fourth-order valence-electron chi connectivity index (χ4n) is 4.65. The Kier molecular flexibility index (Phi) is 8.13. The number of rotatable bonds is 3. The molecule has 0 aromatic rings. The first-order valence-electron chi connectivity index (χ1n) is 11.2. The van der Waals surface area contributed by atoms with Crippen molar-refractivity contribution in [3.63, 3.8) is 0 Å². The van der Waals surface area contributed by atoms with Gasteiger partial charge in [0.05, 0.1) is 0 Å². The Hall–Kier alpha value is -1.06. The predicted octanol–water partition coefficient (Wildman–Crippen LogP) is 3.26. The Balaban J connectivity index is 1.62. The molecule has 6 nitrogen and oxygen atoms in total. The quantitative estimate of drug-likeness (QED) is 0.293. The van der Waals surface area contributed by atoms with Gasteiger partial charge in [-0.1, -0.05) is 0 Å². The summed E-state index contributed by atoms with van der Waals surface area (Å²) in [6.07, 6.45) is -1.81. The predicted molar refractivity (Wildman–Crippen MR) is 116 cm³/mol. The lowest BCUT2D eigenvalue weighted by atomic mass is 9.82. The molecule has 3 aliphatic rings. The van der Waals surface area contributed by atoms with E-state index >= 15 is 0 Å². The number of halogens is 4. The van der Waals surface area contributed by atoms with Crippen molar-refractivity contribution in [1.29, 1.82) is 0 Å². The van der Waals surface area contributed by atoms with Gasteiger partial charge >= 0.3 is 0 Å². The second-order valence-electron chi connectivity index (χ2n) is 10.2. The van der Waals surface area contributed by atoms with Gasteiger partial charge in [-0.3, -0.25) is 15.5 Å². The van der Waals surface area contributed by atoms with Crippen molar-refractivity contribution in [1.82, 2.24) is 21.5 Å². The Morgan fingerprint density at radius 2 is 1.74 bits per heavy atom. The van der Waals surface area contributed by atoms with Crippen LogP contribution < -0.4 is 21.5 Å². The van der Waals surface area contributed by atoms with Crippen LogP contribution >= 0.6 is 11.6 Å². The SMILES string of the molecule is CC(C)(C)N/C(=N\C1CC(C2CC(F)CC(Cl)C2)NN1)NC(=O)C1CCC(F)C(F)C1. The lowest BCUT2D eigenvalue weighted by Gasteiger charge is -2.31. The largest absolute Gasteiger partial charge is 0.351 e. The number of hydrogen-bond acceptors (Lipinski definition) is 4. The summed E-state index contributed by atoms with van der Waals surface area (Å²) in [6, 6.07) is 0.0345. The maximum Gasteiger partial charge on any atom is 0.229 e. The highest BCUT2D eigenvalue weighted by Crippen LogP contribution is 2.34. The number of amides is 1. The van der Waals surface area contributed by atoms with Crippen molar-refractivity contribution >= 4 is 23.5 Å². The van der Waals surface area contributed by atoms with Crippen LogP contribution in [0.4, 0.5) is 13.2 Å². The third-order valence-corrected chi connectivity index (χ3v) is 6.55. The fraction of sp³-hybridized carbons (Fsp3) is 0.905. The number of nitrogens with zero attached hydrogens (tertiary/aromatic N) is 1. The van der Waals surface area contributed by atoms with Crippen molar-refractivity contribution in [2.45, 2.75) is 107 Å². The second-order valence-corrected chi connectivity index (χ2v) is 10.8. The maximum atomic E-state index is 13.9. The van der Waals surface area contributed by atoms with Crippen LogP contribution in [-0.4, -0.2) is 53.5 Å². The molecule has 1 saturated heterocycles. The number of aliphatic imine (C=N–C) groups is 1. The molecule has 178 valence electrons. The summed E-state index contributed by atoms with van der Waals surface area (Å²) in [4.78, 5) is 17.3. The van der Waals surface area contributed by atoms with Gasteiger partial charge in [0.2, 0.25) is 5.91 Å². The minimum Gasteiger partial charge on any atom is -0.351 e. The lowest BCUT2D eigenvalue weighted by molar-refractivity contribution is -0.125. The average Bonchev–Trinajstić information content (AvgIpc) is 3.10. The van der Waals surface area contributed by atoms with Crippen LogP contribution in [0.25, 0.3) is 0 Å². The van der Waals surface area contributed by atoms with Gasteiger partial charge in [0.25, 0.3) is 0 Å². The van der Waals surface area contributed by atoms with Crippen LogP contribution in [0.2, 0.25) is 0 Å². The third-order valence-electron chi connectivity index (χ3n) is 6.19. The first-order valence-corrected chi connectivity index (χ1v) is 11.7. The molecule has 10 heteroatoms. The Bertz CT molecular complexity index is 651. The monoisotopic (exact) mass is 465 g/mol. The summed E-state index contributed by atoms with van der Waals surface area (Å²) >= 11 is 6.20. The summed E-state index contributed by atoms with van der Waals surface area (Å²) in [6.45, 7) is 5.81. The number of alkyl halides is 4. The summed E-state index contributed by atoms with van der Waals surface area (Å²) in [7, 11) is 0. The van der Waals surface area contributed by atoms with Crippen molar-refractivity contribution < 1.29 is 18.0 Å². The Labute approximate surface area is 187 Å². The van der Waals surface area contributed by atoms with Gasteiger partial charge in [-0.05, 0) is 65.2 Å². The third kappa shape index (κ3) is 7.22. The molecule has 0 aromatic carbocycles. The van der Waals surface area contributed by atoms with E-state index in [9.17, 15) is 18.0 Å². The molecule has 3 rings (SSSR count). The van der Waals surface area contributed by atoms with Gasteiger partial charge in [0.1, 0.15) is 24.7 Å². The number of guanidine groups is 1. The molecule has 2 aliphatic carbocycles. The molecular weight excluding hydrogens is 431 g/mol. The van der Waals surface area contributed by atoms with Gasteiger partial charge in [-0.15, -0.1) is 11.6 Å². The smallest absolute Gasteiger partial charge is 0.229 e. The number of carbonyl (C=O) groups excluding carboxylic acids is 1. The highest BCUT2D eigenvalue weighted by molar-refractivity contribution is 6.20. The summed E-state index contributed by atoms with van der Waals surface area (Å²) in [5.74, 6) is -0.534. The number of carbonyl (C=O) groups is 1.